The average molecular weight is 346 g/mol. The lowest BCUT2D eigenvalue weighted by molar-refractivity contribution is -0.122. The van der Waals surface area contributed by atoms with Crippen LogP contribution >= 0.6 is 0 Å². The Kier molecular flexibility index (Phi) is 8.25. The first-order chi connectivity index (χ1) is 12.2. The molecule has 0 aromatic heterocycles. The standard InChI is InChI=1S/C19H30N4O2/c1-2-3-7-10-20-19(25)23-13-11-22(12-14-23)16-18(24)21-15-17-8-5-4-6-9-17/h4-6,8-9H,2-3,7,10-16H2,1H3,(H,20,25)(H,21,24). The Bertz CT molecular complexity index is 527. The molecule has 6 nitrogen and oxygen atoms in total. The molecule has 0 atom stereocenters. The lowest BCUT2D eigenvalue weighted by Crippen LogP contribution is -2.53. The molecule has 25 heavy (non-hydrogen) atoms. The second-order valence-corrected chi connectivity index (χ2v) is 6.46. The number of hydrogen-bond acceptors (Lipinski definition) is 3. The number of rotatable bonds is 8. The molecule has 0 bridgehead atoms. The molecule has 0 spiro atoms. The molecule has 1 heterocycles. The van der Waals surface area contributed by atoms with Crippen molar-refractivity contribution in [1.29, 1.82) is 0 Å². The van der Waals surface area contributed by atoms with Crippen LogP contribution < -0.4 is 10.6 Å². The molecule has 1 aromatic carbocycles. The number of hydrogen-bond donors (Lipinski definition) is 2. The van der Waals surface area contributed by atoms with E-state index in [9.17, 15) is 9.59 Å². The lowest BCUT2D eigenvalue weighted by atomic mass is 10.2. The number of urea groups is 1. The van der Waals surface area contributed by atoms with Crippen molar-refractivity contribution < 1.29 is 9.59 Å². The van der Waals surface area contributed by atoms with Crippen molar-refractivity contribution in [2.45, 2.75) is 32.7 Å². The Morgan fingerprint density at radius 1 is 1.00 bits per heavy atom. The molecule has 0 unspecified atom stereocenters. The van der Waals surface area contributed by atoms with Crippen molar-refractivity contribution in [3.8, 4) is 0 Å². The summed E-state index contributed by atoms with van der Waals surface area (Å²) < 4.78 is 0. The number of amides is 3. The first kappa shape index (κ1) is 19.2. The summed E-state index contributed by atoms with van der Waals surface area (Å²) in [7, 11) is 0. The zero-order chi connectivity index (χ0) is 17.9. The van der Waals surface area contributed by atoms with E-state index in [0.717, 1.165) is 44.5 Å². The normalized spacial score (nSPS) is 15.0. The SMILES string of the molecule is CCCCCNC(=O)N1CCN(CC(=O)NCc2ccccc2)CC1. The van der Waals surface area contributed by atoms with Crippen LogP contribution in [0.5, 0.6) is 0 Å². The Labute approximate surface area is 150 Å². The van der Waals surface area contributed by atoms with Gasteiger partial charge in [-0.15, -0.1) is 0 Å². The molecular formula is C19H30N4O2. The van der Waals surface area contributed by atoms with E-state index in [2.05, 4.69) is 22.5 Å². The van der Waals surface area contributed by atoms with E-state index in [0.29, 0.717) is 26.2 Å². The highest BCUT2D eigenvalue weighted by molar-refractivity contribution is 5.78. The van der Waals surface area contributed by atoms with Gasteiger partial charge in [-0.2, -0.15) is 0 Å². The Morgan fingerprint density at radius 2 is 1.72 bits per heavy atom. The van der Waals surface area contributed by atoms with Crippen LogP contribution in [0.1, 0.15) is 31.7 Å². The average Bonchev–Trinajstić information content (AvgIpc) is 2.65. The van der Waals surface area contributed by atoms with Gasteiger partial charge in [0.15, 0.2) is 0 Å². The van der Waals surface area contributed by atoms with Crippen LogP contribution in [0.3, 0.4) is 0 Å². The quantitative estimate of drug-likeness (QED) is 0.706. The van der Waals surface area contributed by atoms with Gasteiger partial charge >= 0.3 is 6.03 Å². The first-order valence-electron chi connectivity index (χ1n) is 9.24. The van der Waals surface area contributed by atoms with Gasteiger partial charge in [-0.05, 0) is 12.0 Å². The number of benzene rings is 1. The second kappa shape index (κ2) is 10.7. The van der Waals surface area contributed by atoms with Gasteiger partial charge < -0.3 is 15.5 Å². The van der Waals surface area contributed by atoms with E-state index < -0.39 is 0 Å². The fourth-order valence-corrected chi connectivity index (χ4v) is 2.85. The van der Waals surface area contributed by atoms with Gasteiger partial charge in [-0.25, -0.2) is 4.79 Å². The third-order valence-corrected chi connectivity index (χ3v) is 4.42. The maximum absolute atomic E-state index is 12.1. The summed E-state index contributed by atoms with van der Waals surface area (Å²) in [5, 5.41) is 5.92. The second-order valence-electron chi connectivity index (χ2n) is 6.46. The monoisotopic (exact) mass is 346 g/mol. The molecule has 1 aromatic rings. The van der Waals surface area contributed by atoms with Gasteiger partial charge in [0, 0.05) is 39.3 Å². The highest BCUT2D eigenvalue weighted by atomic mass is 16.2. The first-order valence-corrected chi connectivity index (χ1v) is 9.24. The zero-order valence-corrected chi connectivity index (χ0v) is 15.2. The Balaban J connectivity index is 1.61. The summed E-state index contributed by atoms with van der Waals surface area (Å²) in [6.07, 6.45) is 3.33. The van der Waals surface area contributed by atoms with Gasteiger partial charge in [0.05, 0.1) is 6.54 Å². The minimum atomic E-state index is 0.0179. The molecule has 1 saturated heterocycles. The molecule has 138 valence electrons. The van der Waals surface area contributed by atoms with Crippen molar-refractivity contribution in [3.63, 3.8) is 0 Å². The predicted octanol–water partition coefficient (Wildman–Crippen LogP) is 1.82. The lowest BCUT2D eigenvalue weighted by Gasteiger charge is -2.34. The molecule has 1 fully saturated rings. The highest BCUT2D eigenvalue weighted by Crippen LogP contribution is 2.03. The van der Waals surface area contributed by atoms with Crippen molar-refractivity contribution in [2.75, 3.05) is 39.3 Å². The van der Waals surface area contributed by atoms with Gasteiger partial charge in [-0.1, -0.05) is 50.1 Å². The molecule has 2 rings (SSSR count). The molecule has 2 N–H and O–H groups in total. The Morgan fingerprint density at radius 3 is 2.40 bits per heavy atom. The molecule has 6 heteroatoms. The van der Waals surface area contributed by atoms with E-state index in [-0.39, 0.29) is 11.9 Å². The van der Waals surface area contributed by atoms with E-state index >= 15 is 0 Å². The summed E-state index contributed by atoms with van der Waals surface area (Å²) in [6, 6.07) is 9.91. The molecule has 0 aliphatic carbocycles. The maximum Gasteiger partial charge on any atom is 0.317 e. The summed E-state index contributed by atoms with van der Waals surface area (Å²) >= 11 is 0. The molecular weight excluding hydrogens is 316 g/mol. The van der Waals surface area contributed by atoms with Crippen molar-refractivity contribution >= 4 is 11.9 Å². The molecule has 1 aliphatic rings. The van der Waals surface area contributed by atoms with E-state index in [4.69, 9.17) is 0 Å². The Hall–Kier alpha value is -2.08. The van der Waals surface area contributed by atoms with Crippen LogP contribution in [0.25, 0.3) is 0 Å². The molecule has 0 radical (unpaired) electrons. The highest BCUT2D eigenvalue weighted by Gasteiger charge is 2.21. The van der Waals surface area contributed by atoms with Gasteiger partial charge in [-0.3, -0.25) is 9.69 Å². The van der Waals surface area contributed by atoms with Crippen LogP contribution in [-0.4, -0.2) is 61.0 Å². The van der Waals surface area contributed by atoms with E-state index in [1.165, 1.54) is 0 Å². The number of nitrogens with zero attached hydrogens (tertiary/aromatic N) is 2. The molecule has 1 aliphatic heterocycles. The number of unbranched alkanes of at least 4 members (excludes halogenated alkanes) is 2. The van der Waals surface area contributed by atoms with Crippen molar-refractivity contribution in [1.82, 2.24) is 20.4 Å². The summed E-state index contributed by atoms with van der Waals surface area (Å²) in [6.45, 7) is 6.66. The number of nitrogens with one attached hydrogen (secondary N) is 2. The largest absolute Gasteiger partial charge is 0.351 e. The van der Waals surface area contributed by atoms with Gasteiger partial charge in [0.2, 0.25) is 5.91 Å². The predicted molar refractivity (Wildman–Crippen MR) is 99.2 cm³/mol. The fraction of sp³-hybridized carbons (Fsp3) is 0.579. The summed E-state index contributed by atoms with van der Waals surface area (Å²) in [4.78, 5) is 28.1. The summed E-state index contributed by atoms with van der Waals surface area (Å²) in [5.41, 5.74) is 1.10. The third-order valence-electron chi connectivity index (χ3n) is 4.42. The fourth-order valence-electron chi connectivity index (χ4n) is 2.85. The zero-order valence-electron chi connectivity index (χ0n) is 15.2. The third kappa shape index (κ3) is 7.13. The molecule has 0 saturated carbocycles. The number of carbonyl (C=O) groups is 2. The summed E-state index contributed by atoms with van der Waals surface area (Å²) in [5.74, 6) is 0.0290. The minimum absolute atomic E-state index is 0.0179. The van der Waals surface area contributed by atoms with Crippen molar-refractivity contribution in [3.05, 3.63) is 35.9 Å². The number of piperazine rings is 1. The molecule has 3 amide bonds. The topological polar surface area (TPSA) is 64.7 Å². The van der Waals surface area contributed by atoms with Crippen LogP contribution in [0.2, 0.25) is 0 Å². The van der Waals surface area contributed by atoms with Crippen LogP contribution in [0, 0.1) is 0 Å². The smallest absolute Gasteiger partial charge is 0.317 e. The minimum Gasteiger partial charge on any atom is -0.351 e. The van der Waals surface area contributed by atoms with Crippen molar-refractivity contribution in [2.24, 2.45) is 0 Å². The number of carbonyl (C=O) groups excluding carboxylic acids is 2. The van der Waals surface area contributed by atoms with E-state index in [1.54, 1.807) is 0 Å². The maximum atomic E-state index is 12.1. The van der Waals surface area contributed by atoms with E-state index in [1.807, 2.05) is 35.2 Å². The van der Waals surface area contributed by atoms with Gasteiger partial charge in [0.1, 0.15) is 0 Å². The van der Waals surface area contributed by atoms with Crippen LogP contribution in [-0.2, 0) is 11.3 Å². The van der Waals surface area contributed by atoms with Crippen LogP contribution in [0.4, 0.5) is 4.79 Å². The van der Waals surface area contributed by atoms with Crippen LogP contribution in [0.15, 0.2) is 30.3 Å². The van der Waals surface area contributed by atoms with Gasteiger partial charge in [0.25, 0.3) is 0 Å².